The second kappa shape index (κ2) is 5.85. The second-order valence-corrected chi connectivity index (χ2v) is 4.75. The van der Waals surface area contributed by atoms with E-state index in [0.717, 1.165) is 29.2 Å². The molecule has 0 saturated carbocycles. The third kappa shape index (κ3) is 2.93. The molecule has 1 aromatic carbocycles. The molecular formula is C16H21N3. The van der Waals surface area contributed by atoms with Gasteiger partial charge in [-0.3, -0.25) is 0 Å². The number of nitrogens with two attached hydrogens (primary N) is 1. The Morgan fingerprint density at radius 2 is 1.84 bits per heavy atom. The molecule has 0 saturated heterocycles. The lowest BCUT2D eigenvalue weighted by Crippen LogP contribution is -2.15. The van der Waals surface area contributed by atoms with Gasteiger partial charge < -0.3 is 10.6 Å². The largest absolute Gasteiger partial charge is 0.329 e. The Morgan fingerprint density at radius 3 is 2.42 bits per heavy atom. The average Bonchev–Trinajstić information content (AvgIpc) is 2.46. The molecule has 1 heterocycles. The maximum Gasteiger partial charge on any atom is 0.132 e. The molecule has 3 heteroatoms. The van der Waals surface area contributed by atoms with Crippen LogP contribution in [-0.4, -0.2) is 12.0 Å². The molecule has 2 rings (SSSR count). The minimum Gasteiger partial charge on any atom is -0.329 e. The third-order valence-electron chi connectivity index (χ3n) is 3.44. The van der Waals surface area contributed by atoms with Crippen LogP contribution in [0.1, 0.15) is 30.6 Å². The molecule has 0 aliphatic carbocycles. The molecule has 2 aromatic rings. The first-order valence-corrected chi connectivity index (χ1v) is 6.65. The van der Waals surface area contributed by atoms with Crippen LogP contribution in [0.4, 0.5) is 11.5 Å². The Labute approximate surface area is 115 Å². The van der Waals surface area contributed by atoms with Crippen molar-refractivity contribution in [1.29, 1.82) is 0 Å². The van der Waals surface area contributed by atoms with Gasteiger partial charge in [0.05, 0.1) is 0 Å². The summed E-state index contributed by atoms with van der Waals surface area (Å²) < 4.78 is 0. The van der Waals surface area contributed by atoms with E-state index in [2.05, 4.69) is 35.0 Å². The SMILES string of the molecule is CC[C@@H](N)c1ccc(N(C)c2ccccc2)nc1C. The van der Waals surface area contributed by atoms with Crippen molar-refractivity contribution in [2.45, 2.75) is 26.3 Å². The van der Waals surface area contributed by atoms with Crippen molar-refractivity contribution in [2.75, 3.05) is 11.9 Å². The van der Waals surface area contributed by atoms with E-state index >= 15 is 0 Å². The van der Waals surface area contributed by atoms with Gasteiger partial charge in [-0.25, -0.2) is 4.98 Å². The average molecular weight is 255 g/mol. The van der Waals surface area contributed by atoms with Crippen LogP contribution in [-0.2, 0) is 0 Å². The van der Waals surface area contributed by atoms with E-state index in [4.69, 9.17) is 5.73 Å². The normalized spacial score (nSPS) is 12.2. The molecule has 3 nitrogen and oxygen atoms in total. The molecule has 19 heavy (non-hydrogen) atoms. The summed E-state index contributed by atoms with van der Waals surface area (Å²) in [6.45, 7) is 4.11. The van der Waals surface area contributed by atoms with Crippen LogP contribution in [0, 0.1) is 6.92 Å². The van der Waals surface area contributed by atoms with E-state index in [0.29, 0.717) is 0 Å². The van der Waals surface area contributed by atoms with E-state index in [9.17, 15) is 0 Å². The van der Waals surface area contributed by atoms with E-state index < -0.39 is 0 Å². The van der Waals surface area contributed by atoms with E-state index in [1.807, 2.05) is 38.2 Å². The summed E-state index contributed by atoms with van der Waals surface area (Å²) in [5.74, 6) is 0.941. The van der Waals surface area contributed by atoms with Crippen molar-refractivity contribution in [2.24, 2.45) is 5.73 Å². The minimum atomic E-state index is 0.0728. The summed E-state index contributed by atoms with van der Waals surface area (Å²) >= 11 is 0. The number of benzene rings is 1. The number of pyridine rings is 1. The van der Waals surface area contributed by atoms with Crippen LogP contribution < -0.4 is 10.6 Å². The van der Waals surface area contributed by atoms with Gasteiger partial charge >= 0.3 is 0 Å². The van der Waals surface area contributed by atoms with Crippen molar-refractivity contribution >= 4 is 11.5 Å². The van der Waals surface area contributed by atoms with Gasteiger partial charge in [-0.1, -0.05) is 31.2 Å². The first kappa shape index (κ1) is 13.6. The zero-order valence-corrected chi connectivity index (χ0v) is 11.8. The number of para-hydroxylation sites is 1. The van der Waals surface area contributed by atoms with Crippen LogP contribution in [0.25, 0.3) is 0 Å². The number of rotatable bonds is 4. The molecule has 1 atom stereocenters. The number of anilines is 2. The summed E-state index contributed by atoms with van der Waals surface area (Å²) in [6.07, 6.45) is 0.927. The van der Waals surface area contributed by atoms with Crippen LogP contribution in [0.15, 0.2) is 42.5 Å². The monoisotopic (exact) mass is 255 g/mol. The Hall–Kier alpha value is -1.87. The fraction of sp³-hybridized carbons (Fsp3) is 0.312. The molecule has 0 spiro atoms. The molecule has 0 amide bonds. The van der Waals surface area contributed by atoms with E-state index in [1.54, 1.807) is 0 Å². The Balaban J connectivity index is 2.30. The van der Waals surface area contributed by atoms with E-state index in [1.165, 1.54) is 0 Å². The number of aromatic nitrogens is 1. The lowest BCUT2D eigenvalue weighted by Gasteiger charge is -2.20. The lowest BCUT2D eigenvalue weighted by atomic mass is 10.0. The first-order chi connectivity index (χ1) is 9.13. The van der Waals surface area contributed by atoms with Crippen molar-refractivity contribution in [1.82, 2.24) is 4.98 Å². The molecule has 0 unspecified atom stereocenters. The van der Waals surface area contributed by atoms with Crippen molar-refractivity contribution < 1.29 is 0 Å². The molecule has 100 valence electrons. The topological polar surface area (TPSA) is 42.1 Å². The summed E-state index contributed by atoms with van der Waals surface area (Å²) in [7, 11) is 2.02. The molecule has 0 aliphatic rings. The smallest absolute Gasteiger partial charge is 0.132 e. The van der Waals surface area contributed by atoms with E-state index in [-0.39, 0.29) is 6.04 Å². The fourth-order valence-corrected chi connectivity index (χ4v) is 2.14. The van der Waals surface area contributed by atoms with Crippen molar-refractivity contribution in [3.8, 4) is 0 Å². The summed E-state index contributed by atoms with van der Waals surface area (Å²) in [5.41, 5.74) is 9.35. The number of hydrogen-bond acceptors (Lipinski definition) is 3. The lowest BCUT2D eigenvalue weighted by molar-refractivity contribution is 0.689. The summed E-state index contributed by atoms with van der Waals surface area (Å²) in [5, 5.41) is 0. The molecule has 0 radical (unpaired) electrons. The highest BCUT2D eigenvalue weighted by Gasteiger charge is 2.11. The molecule has 0 bridgehead atoms. The number of hydrogen-bond donors (Lipinski definition) is 1. The van der Waals surface area contributed by atoms with Gasteiger partial charge in [0.15, 0.2) is 0 Å². The zero-order chi connectivity index (χ0) is 13.8. The minimum absolute atomic E-state index is 0.0728. The highest BCUT2D eigenvalue weighted by Crippen LogP contribution is 2.24. The number of nitrogens with zero attached hydrogens (tertiary/aromatic N) is 2. The third-order valence-corrected chi connectivity index (χ3v) is 3.44. The van der Waals surface area contributed by atoms with Crippen LogP contribution >= 0.6 is 0 Å². The van der Waals surface area contributed by atoms with Gasteiger partial charge in [0, 0.05) is 24.5 Å². The van der Waals surface area contributed by atoms with Gasteiger partial charge in [-0.2, -0.15) is 0 Å². The molecule has 0 fully saturated rings. The van der Waals surface area contributed by atoms with Gasteiger partial charge in [0.25, 0.3) is 0 Å². The Kier molecular flexibility index (Phi) is 4.17. The summed E-state index contributed by atoms with van der Waals surface area (Å²) in [6, 6.07) is 14.4. The maximum absolute atomic E-state index is 6.08. The maximum atomic E-state index is 6.08. The van der Waals surface area contributed by atoms with Crippen LogP contribution in [0.5, 0.6) is 0 Å². The second-order valence-electron chi connectivity index (χ2n) is 4.75. The first-order valence-electron chi connectivity index (χ1n) is 6.65. The van der Waals surface area contributed by atoms with Crippen LogP contribution in [0.2, 0.25) is 0 Å². The fourth-order valence-electron chi connectivity index (χ4n) is 2.14. The Bertz CT molecular complexity index is 537. The molecular weight excluding hydrogens is 234 g/mol. The number of aryl methyl sites for hydroxylation is 1. The predicted molar refractivity (Wildman–Crippen MR) is 80.7 cm³/mol. The Morgan fingerprint density at radius 1 is 1.16 bits per heavy atom. The molecule has 0 aliphatic heterocycles. The highest BCUT2D eigenvalue weighted by molar-refractivity contribution is 5.59. The predicted octanol–water partition coefficient (Wildman–Crippen LogP) is 3.57. The molecule has 2 N–H and O–H groups in total. The van der Waals surface area contributed by atoms with Gasteiger partial charge in [0.2, 0.25) is 0 Å². The standard InChI is InChI=1S/C16H21N3/c1-4-15(17)14-10-11-16(18-12(14)2)19(3)13-8-6-5-7-9-13/h5-11,15H,4,17H2,1-3H3/t15-/m1/s1. The van der Waals surface area contributed by atoms with Gasteiger partial charge in [-0.15, -0.1) is 0 Å². The van der Waals surface area contributed by atoms with Crippen LogP contribution in [0.3, 0.4) is 0 Å². The summed E-state index contributed by atoms with van der Waals surface area (Å²) in [4.78, 5) is 6.74. The van der Waals surface area contributed by atoms with Gasteiger partial charge in [-0.05, 0) is 37.1 Å². The quantitative estimate of drug-likeness (QED) is 0.908. The molecule has 1 aromatic heterocycles. The van der Waals surface area contributed by atoms with Crippen molar-refractivity contribution in [3.05, 3.63) is 53.7 Å². The zero-order valence-electron chi connectivity index (χ0n) is 11.8. The highest BCUT2D eigenvalue weighted by atomic mass is 15.2. The van der Waals surface area contributed by atoms with Gasteiger partial charge in [0.1, 0.15) is 5.82 Å². The van der Waals surface area contributed by atoms with Crippen molar-refractivity contribution in [3.63, 3.8) is 0 Å².